The summed E-state index contributed by atoms with van der Waals surface area (Å²) in [5.74, 6) is 0.957. The molecule has 0 N–H and O–H groups in total. The lowest BCUT2D eigenvalue weighted by molar-refractivity contribution is 0.530. The molecule has 0 radical (unpaired) electrons. The van der Waals surface area contributed by atoms with Gasteiger partial charge in [0.25, 0.3) is 0 Å². The Bertz CT molecular complexity index is 378. The molecule has 0 saturated carbocycles. The van der Waals surface area contributed by atoms with Crippen LogP contribution in [0.1, 0.15) is 5.76 Å². The van der Waals surface area contributed by atoms with Crippen LogP contribution in [0.4, 0.5) is 0 Å². The molecule has 2 heteroatoms. The molecule has 0 spiro atoms. The smallest absolute Gasteiger partial charge is 0.105 e. The zero-order valence-corrected chi connectivity index (χ0v) is 8.17. The van der Waals surface area contributed by atoms with Crippen LogP contribution in [0.2, 0.25) is 0 Å². The fourth-order valence-corrected chi connectivity index (χ4v) is 1.98. The molecule has 1 nitrogen and oxygen atoms in total. The quantitative estimate of drug-likeness (QED) is 0.715. The Morgan fingerprint density at radius 1 is 1.08 bits per heavy atom. The first kappa shape index (κ1) is 8.45. The first-order valence-electron chi connectivity index (χ1n) is 4.12. The highest BCUT2D eigenvalue weighted by molar-refractivity contribution is 7.99. The number of rotatable bonds is 2. The van der Waals surface area contributed by atoms with E-state index in [1.807, 2.05) is 31.2 Å². The van der Waals surface area contributed by atoms with E-state index in [4.69, 9.17) is 4.42 Å². The molecule has 0 unspecified atom stereocenters. The summed E-state index contributed by atoms with van der Waals surface area (Å²) in [5.41, 5.74) is 0. The van der Waals surface area contributed by atoms with Crippen LogP contribution in [-0.2, 0) is 0 Å². The molecule has 0 aliphatic heterocycles. The highest BCUT2D eigenvalue weighted by Gasteiger charge is 1.99. The van der Waals surface area contributed by atoms with E-state index >= 15 is 0 Å². The van der Waals surface area contributed by atoms with Gasteiger partial charge in [-0.15, -0.1) is 0 Å². The summed E-state index contributed by atoms with van der Waals surface area (Å²) in [6, 6.07) is 12.3. The normalized spacial score (nSPS) is 10.2. The number of hydrogen-bond acceptors (Lipinski definition) is 2. The van der Waals surface area contributed by atoms with Crippen molar-refractivity contribution in [3.05, 3.63) is 48.4 Å². The first-order valence-corrected chi connectivity index (χ1v) is 4.94. The van der Waals surface area contributed by atoms with Crippen molar-refractivity contribution in [3.63, 3.8) is 0 Å². The average Bonchev–Trinajstić information content (AvgIpc) is 2.53. The van der Waals surface area contributed by atoms with E-state index in [-0.39, 0.29) is 0 Å². The van der Waals surface area contributed by atoms with E-state index < -0.39 is 0 Å². The maximum absolute atomic E-state index is 5.22. The van der Waals surface area contributed by atoms with Crippen molar-refractivity contribution in [2.24, 2.45) is 0 Å². The lowest BCUT2D eigenvalue weighted by Crippen LogP contribution is -1.67. The molecule has 66 valence electrons. The van der Waals surface area contributed by atoms with Gasteiger partial charge < -0.3 is 4.42 Å². The van der Waals surface area contributed by atoms with Crippen molar-refractivity contribution < 1.29 is 4.42 Å². The van der Waals surface area contributed by atoms with Crippen LogP contribution in [0.15, 0.2) is 56.9 Å². The minimum absolute atomic E-state index is 0.957. The Labute approximate surface area is 81.8 Å². The van der Waals surface area contributed by atoms with E-state index in [2.05, 4.69) is 12.1 Å². The summed E-state index contributed by atoms with van der Waals surface area (Å²) in [6.07, 6.45) is 1.78. The van der Waals surface area contributed by atoms with Gasteiger partial charge in [0.1, 0.15) is 12.0 Å². The van der Waals surface area contributed by atoms with Crippen LogP contribution >= 0.6 is 11.8 Å². The summed E-state index contributed by atoms with van der Waals surface area (Å²) in [4.78, 5) is 2.40. The summed E-state index contributed by atoms with van der Waals surface area (Å²) < 4.78 is 5.22. The fourth-order valence-electron chi connectivity index (χ4n) is 1.10. The van der Waals surface area contributed by atoms with Crippen LogP contribution in [0, 0.1) is 6.92 Å². The van der Waals surface area contributed by atoms with Gasteiger partial charge in [0.05, 0.1) is 4.90 Å². The predicted octanol–water partition coefficient (Wildman–Crippen LogP) is 3.74. The van der Waals surface area contributed by atoms with Gasteiger partial charge in [-0.25, -0.2) is 0 Å². The van der Waals surface area contributed by atoms with Crippen LogP contribution in [-0.4, -0.2) is 0 Å². The molecule has 1 aromatic heterocycles. The second-order valence-electron chi connectivity index (χ2n) is 2.81. The zero-order chi connectivity index (χ0) is 9.10. The van der Waals surface area contributed by atoms with Crippen molar-refractivity contribution in [3.8, 4) is 0 Å². The lowest BCUT2D eigenvalue weighted by atomic mass is 10.4. The Hall–Kier alpha value is -1.15. The fraction of sp³-hybridized carbons (Fsp3) is 0.0909. The standard InChI is InChI=1S/C11H10OS/c1-9-7-11(8-12-9)13-10-5-3-2-4-6-10/h2-8H,1H3. The first-order chi connectivity index (χ1) is 6.34. The number of furan rings is 1. The Kier molecular flexibility index (Phi) is 2.41. The lowest BCUT2D eigenvalue weighted by Gasteiger charge is -1.95. The van der Waals surface area contributed by atoms with Gasteiger partial charge in [-0.1, -0.05) is 30.0 Å². The van der Waals surface area contributed by atoms with Crippen LogP contribution in [0.25, 0.3) is 0 Å². The van der Waals surface area contributed by atoms with Gasteiger partial charge >= 0.3 is 0 Å². The largest absolute Gasteiger partial charge is 0.468 e. The highest BCUT2D eigenvalue weighted by atomic mass is 32.2. The highest BCUT2D eigenvalue weighted by Crippen LogP contribution is 2.28. The second kappa shape index (κ2) is 3.71. The molecular formula is C11H10OS. The summed E-state index contributed by atoms with van der Waals surface area (Å²) >= 11 is 1.71. The van der Waals surface area contributed by atoms with Crippen molar-refractivity contribution in [2.45, 2.75) is 16.7 Å². The van der Waals surface area contributed by atoms with Crippen LogP contribution in [0.5, 0.6) is 0 Å². The summed E-state index contributed by atoms with van der Waals surface area (Å²) in [5, 5.41) is 0. The zero-order valence-electron chi connectivity index (χ0n) is 7.36. The predicted molar refractivity (Wildman–Crippen MR) is 54.0 cm³/mol. The van der Waals surface area contributed by atoms with Gasteiger partial charge in [0.15, 0.2) is 0 Å². The Morgan fingerprint density at radius 3 is 2.46 bits per heavy atom. The maximum Gasteiger partial charge on any atom is 0.105 e. The topological polar surface area (TPSA) is 13.1 Å². The van der Waals surface area contributed by atoms with E-state index in [0.717, 1.165) is 10.7 Å². The summed E-state index contributed by atoms with van der Waals surface area (Å²) in [7, 11) is 0. The van der Waals surface area contributed by atoms with E-state index in [1.54, 1.807) is 18.0 Å². The minimum Gasteiger partial charge on any atom is -0.468 e. The SMILES string of the molecule is Cc1cc(Sc2ccccc2)co1. The molecule has 0 amide bonds. The Balaban J connectivity index is 2.15. The molecule has 0 aliphatic carbocycles. The molecule has 0 bridgehead atoms. The van der Waals surface area contributed by atoms with Gasteiger partial charge in [-0.3, -0.25) is 0 Å². The molecule has 0 fully saturated rings. The number of benzene rings is 1. The molecule has 1 aromatic carbocycles. The number of hydrogen-bond donors (Lipinski definition) is 0. The van der Waals surface area contributed by atoms with Gasteiger partial charge in [0.2, 0.25) is 0 Å². The van der Waals surface area contributed by atoms with Crippen molar-refractivity contribution in [1.29, 1.82) is 0 Å². The molecule has 2 aromatic rings. The van der Waals surface area contributed by atoms with E-state index in [1.165, 1.54) is 4.90 Å². The van der Waals surface area contributed by atoms with Gasteiger partial charge in [0, 0.05) is 4.90 Å². The van der Waals surface area contributed by atoms with Crippen molar-refractivity contribution in [2.75, 3.05) is 0 Å². The molecule has 2 rings (SSSR count). The van der Waals surface area contributed by atoms with Crippen LogP contribution < -0.4 is 0 Å². The monoisotopic (exact) mass is 190 g/mol. The molecule has 13 heavy (non-hydrogen) atoms. The molecule has 0 atom stereocenters. The second-order valence-corrected chi connectivity index (χ2v) is 3.96. The van der Waals surface area contributed by atoms with Gasteiger partial charge in [-0.2, -0.15) is 0 Å². The third-order valence-corrected chi connectivity index (χ3v) is 2.64. The summed E-state index contributed by atoms with van der Waals surface area (Å²) in [6.45, 7) is 1.95. The average molecular weight is 190 g/mol. The van der Waals surface area contributed by atoms with E-state index in [9.17, 15) is 0 Å². The molecule has 1 heterocycles. The van der Waals surface area contributed by atoms with Crippen molar-refractivity contribution >= 4 is 11.8 Å². The maximum atomic E-state index is 5.22. The Morgan fingerprint density at radius 2 is 1.85 bits per heavy atom. The number of aryl methyl sites for hydroxylation is 1. The minimum atomic E-state index is 0.957. The third-order valence-electron chi connectivity index (χ3n) is 1.69. The van der Waals surface area contributed by atoms with Gasteiger partial charge in [-0.05, 0) is 25.1 Å². The van der Waals surface area contributed by atoms with Crippen LogP contribution in [0.3, 0.4) is 0 Å². The van der Waals surface area contributed by atoms with E-state index in [0.29, 0.717) is 0 Å². The molecular weight excluding hydrogens is 180 g/mol. The van der Waals surface area contributed by atoms with Crippen molar-refractivity contribution in [1.82, 2.24) is 0 Å². The molecule has 0 aliphatic rings. The third kappa shape index (κ3) is 2.16. The molecule has 0 saturated heterocycles.